The van der Waals surface area contributed by atoms with Crippen molar-refractivity contribution in [1.82, 2.24) is 4.90 Å². The van der Waals surface area contributed by atoms with E-state index in [1.807, 2.05) is 23.1 Å². The number of likely N-dealkylation sites (tertiary alicyclic amines) is 1. The van der Waals surface area contributed by atoms with Crippen molar-refractivity contribution < 1.29 is 14.6 Å². The molecule has 4 fully saturated rings. The van der Waals surface area contributed by atoms with E-state index in [9.17, 15) is 9.90 Å². The standard InChI is InChI=1S/C18H21NO3/c1-2-18-14-12-8-11(15(20)16(12)22-18)13(14)17(21)19(18)9-10-6-4-3-5-7-10/h3-7,11-16,20H,2,8-9H2,1H3/t11-,12-,13+,14+,15+,16-,18-/m0/s1. The van der Waals surface area contributed by atoms with Crippen LogP contribution in [0.3, 0.4) is 0 Å². The lowest BCUT2D eigenvalue weighted by Gasteiger charge is -2.38. The van der Waals surface area contributed by atoms with Gasteiger partial charge in [-0.1, -0.05) is 37.3 Å². The van der Waals surface area contributed by atoms with Crippen molar-refractivity contribution in [1.29, 1.82) is 0 Å². The van der Waals surface area contributed by atoms with Crippen LogP contribution < -0.4 is 0 Å². The number of aliphatic hydroxyl groups excluding tert-OH is 1. The van der Waals surface area contributed by atoms with Gasteiger partial charge in [0.25, 0.3) is 0 Å². The second-order valence-electron chi connectivity index (χ2n) is 7.30. The normalized spacial score (nSPS) is 47.7. The molecule has 5 rings (SSSR count). The van der Waals surface area contributed by atoms with Gasteiger partial charge in [0.2, 0.25) is 5.91 Å². The van der Waals surface area contributed by atoms with E-state index >= 15 is 0 Å². The van der Waals surface area contributed by atoms with Crippen molar-refractivity contribution >= 4 is 5.91 Å². The SMILES string of the molecule is CC[C@]12O[C@@H]3[C@H](O)[C@H]4C[C@H]3[C@@H]1[C@@H]4C(=O)N2Cc1ccccc1. The number of fused-ring (bicyclic) bond motifs is 2. The highest BCUT2D eigenvalue weighted by atomic mass is 16.6. The molecule has 7 atom stereocenters. The Labute approximate surface area is 130 Å². The number of hydrogen-bond acceptors (Lipinski definition) is 3. The molecule has 2 heterocycles. The number of rotatable bonds is 3. The molecule has 4 nitrogen and oxygen atoms in total. The number of ether oxygens (including phenoxy) is 1. The van der Waals surface area contributed by atoms with Crippen LogP contribution in [0.25, 0.3) is 0 Å². The first kappa shape index (κ1) is 13.1. The van der Waals surface area contributed by atoms with E-state index in [4.69, 9.17) is 4.74 Å². The van der Waals surface area contributed by atoms with Gasteiger partial charge in [0.05, 0.1) is 18.1 Å². The van der Waals surface area contributed by atoms with Crippen LogP contribution in [0.2, 0.25) is 0 Å². The van der Waals surface area contributed by atoms with Gasteiger partial charge in [-0.05, 0) is 30.2 Å². The van der Waals surface area contributed by atoms with Crippen LogP contribution in [-0.2, 0) is 16.1 Å². The van der Waals surface area contributed by atoms with Gasteiger partial charge in [-0.2, -0.15) is 0 Å². The summed E-state index contributed by atoms with van der Waals surface area (Å²) in [6.07, 6.45) is 1.27. The molecule has 0 radical (unpaired) electrons. The Bertz CT molecular complexity index is 632. The maximum Gasteiger partial charge on any atom is 0.229 e. The van der Waals surface area contributed by atoms with E-state index in [1.54, 1.807) is 0 Å². The summed E-state index contributed by atoms with van der Waals surface area (Å²) in [6.45, 7) is 2.72. The number of benzene rings is 1. The lowest BCUT2D eigenvalue weighted by atomic mass is 9.76. The molecule has 2 saturated heterocycles. The molecule has 0 unspecified atom stereocenters. The minimum Gasteiger partial charge on any atom is -0.390 e. The minimum atomic E-state index is -0.487. The fourth-order valence-electron chi connectivity index (χ4n) is 5.85. The van der Waals surface area contributed by atoms with Crippen LogP contribution in [0.15, 0.2) is 30.3 Å². The number of amides is 1. The highest BCUT2D eigenvalue weighted by molar-refractivity contribution is 5.84. The van der Waals surface area contributed by atoms with Crippen LogP contribution in [0.5, 0.6) is 0 Å². The summed E-state index contributed by atoms with van der Waals surface area (Å²) in [6, 6.07) is 10.1. The van der Waals surface area contributed by atoms with E-state index in [0.717, 1.165) is 18.4 Å². The second kappa shape index (κ2) is 4.12. The number of nitrogens with zero attached hydrogens (tertiary/aromatic N) is 1. The summed E-state index contributed by atoms with van der Waals surface area (Å²) in [5, 5.41) is 10.4. The fourth-order valence-corrected chi connectivity index (χ4v) is 5.85. The third kappa shape index (κ3) is 1.30. The summed E-state index contributed by atoms with van der Waals surface area (Å²) in [5.41, 5.74) is 0.656. The number of carbonyl (C=O) groups excluding carboxylic acids is 1. The highest BCUT2D eigenvalue weighted by Crippen LogP contribution is 2.68. The lowest BCUT2D eigenvalue weighted by Crippen LogP contribution is -2.50. The van der Waals surface area contributed by atoms with Crippen molar-refractivity contribution in [2.45, 2.75) is 44.2 Å². The number of aliphatic hydroxyl groups is 1. The zero-order valence-corrected chi connectivity index (χ0v) is 12.7. The molecule has 116 valence electrons. The molecule has 4 aliphatic rings. The van der Waals surface area contributed by atoms with Crippen LogP contribution in [0.4, 0.5) is 0 Å². The Kier molecular flexibility index (Phi) is 2.45. The molecule has 1 N–H and O–H groups in total. The molecule has 4 heteroatoms. The molecule has 1 amide bonds. The first-order chi connectivity index (χ1) is 10.7. The van der Waals surface area contributed by atoms with Gasteiger partial charge in [-0.25, -0.2) is 0 Å². The zero-order valence-electron chi connectivity index (χ0n) is 12.7. The quantitative estimate of drug-likeness (QED) is 0.925. The van der Waals surface area contributed by atoms with E-state index in [-0.39, 0.29) is 29.8 Å². The Morgan fingerprint density at radius 1 is 1.32 bits per heavy atom. The Balaban J connectivity index is 1.57. The Morgan fingerprint density at radius 2 is 2.09 bits per heavy atom. The van der Waals surface area contributed by atoms with E-state index in [2.05, 4.69) is 19.1 Å². The summed E-state index contributed by atoms with van der Waals surface area (Å²) >= 11 is 0. The van der Waals surface area contributed by atoms with Crippen molar-refractivity contribution in [3.63, 3.8) is 0 Å². The summed E-state index contributed by atoms with van der Waals surface area (Å²) in [5.74, 6) is 0.936. The Hall–Kier alpha value is -1.39. The molecule has 22 heavy (non-hydrogen) atoms. The predicted octanol–water partition coefficient (Wildman–Crippen LogP) is 1.78. The third-order valence-corrected chi connectivity index (χ3v) is 6.61. The van der Waals surface area contributed by atoms with Gasteiger partial charge in [0.1, 0.15) is 5.72 Å². The maximum absolute atomic E-state index is 13.1. The van der Waals surface area contributed by atoms with Gasteiger partial charge in [-0.3, -0.25) is 4.79 Å². The van der Waals surface area contributed by atoms with E-state index < -0.39 is 11.8 Å². The van der Waals surface area contributed by atoms with Crippen LogP contribution in [0.1, 0.15) is 25.3 Å². The second-order valence-corrected chi connectivity index (χ2v) is 7.30. The van der Waals surface area contributed by atoms with Gasteiger partial charge in [0, 0.05) is 12.5 Å². The lowest BCUT2D eigenvalue weighted by molar-refractivity contribution is -0.181. The molecule has 1 aromatic rings. The summed E-state index contributed by atoms with van der Waals surface area (Å²) in [4.78, 5) is 15.0. The van der Waals surface area contributed by atoms with Gasteiger partial charge in [0.15, 0.2) is 0 Å². The predicted molar refractivity (Wildman–Crippen MR) is 79.5 cm³/mol. The van der Waals surface area contributed by atoms with Gasteiger partial charge < -0.3 is 14.7 Å². The van der Waals surface area contributed by atoms with Gasteiger partial charge in [-0.15, -0.1) is 0 Å². The van der Waals surface area contributed by atoms with Crippen molar-refractivity contribution in [2.24, 2.45) is 23.7 Å². The van der Waals surface area contributed by atoms with Crippen LogP contribution in [0, 0.1) is 23.7 Å². The number of hydrogen-bond donors (Lipinski definition) is 1. The van der Waals surface area contributed by atoms with Crippen molar-refractivity contribution in [3.8, 4) is 0 Å². The minimum absolute atomic E-state index is 0.0255. The fraction of sp³-hybridized carbons (Fsp3) is 0.611. The zero-order chi connectivity index (χ0) is 15.1. The van der Waals surface area contributed by atoms with Crippen LogP contribution >= 0.6 is 0 Å². The smallest absolute Gasteiger partial charge is 0.229 e. The third-order valence-electron chi connectivity index (χ3n) is 6.61. The first-order valence-electron chi connectivity index (χ1n) is 8.38. The number of carbonyl (C=O) groups is 1. The average molecular weight is 299 g/mol. The molecule has 0 aromatic heterocycles. The topological polar surface area (TPSA) is 49.8 Å². The summed E-state index contributed by atoms with van der Waals surface area (Å²) in [7, 11) is 0. The Morgan fingerprint density at radius 3 is 2.82 bits per heavy atom. The maximum atomic E-state index is 13.1. The largest absolute Gasteiger partial charge is 0.390 e. The molecular formula is C18H21NO3. The van der Waals surface area contributed by atoms with Crippen molar-refractivity contribution in [3.05, 3.63) is 35.9 Å². The molecule has 2 aliphatic heterocycles. The molecule has 0 spiro atoms. The molecule has 1 aromatic carbocycles. The van der Waals surface area contributed by atoms with Gasteiger partial charge >= 0.3 is 0 Å². The molecular weight excluding hydrogens is 278 g/mol. The van der Waals surface area contributed by atoms with E-state index in [1.165, 1.54) is 0 Å². The van der Waals surface area contributed by atoms with Crippen molar-refractivity contribution in [2.75, 3.05) is 0 Å². The molecule has 2 saturated carbocycles. The monoisotopic (exact) mass is 299 g/mol. The highest BCUT2D eigenvalue weighted by Gasteiger charge is 2.77. The molecule has 2 bridgehead atoms. The summed E-state index contributed by atoms with van der Waals surface area (Å²) < 4.78 is 6.39. The average Bonchev–Trinajstić information content (AvgIpc) is 3.20. The van der Waals surface area contributed by atoms with Crippen LogP contribution in [-0.4, -0.2) is 33.8 Å². The molecule has 2 aliphatic carbocycles. The van der Waals surface area contributed by atoms with E-state index in [0.29, 0.717) is 12.5 Å². The first-order valence-corrected chi connectivity index (χ1v) is 8.38.